The Morgan fingerprint density at radius 1 is 0.950 bits per heavy atom. The molecule has 2 aromatic rings. The van der Waals surface area contributed by atoms with Crippen LogP contribution in [-0.2, 0) is 0 Å². The van der Waals surface area contributed by atoms with Gasteiger partial charge in [-0.15, -0.1) is 0 Å². The van der Waals surface area contributed by atoms with Gasteiger partial charge in [0.1, 0.15) is 11.5 Å². The topological polar surface area (TPSA) is 24.5 Å². The zero-order chi connectivity index (χ0) is 14.4. The molecule has 2 aromatic carbocycles. The molecule has 0 aliphatic heterocycles. The van der Waals surface area contributed by atoms with Crippen LogP contribution in [0.15, 0.2) is 54.6 Å². The van der Waals surface area contributed by atoms with Gasteiger partial charge in [-0.25, -0.2) is 0 Å². The van der Waals surface area contributed by atoms with E-state index in [0.717, 1.165) is 18.0 Å². The largest absolute Gasteiger partial charge is 0.457 e. The Morgan fingerprint density at radius 2 is 1.55 bits per heavy atom. The van der Waals surface area contributed by atoms with Crippen molar-refractivity contribution in [3.05, 3.63) is 60.2 Å². The zero-order valence-electron chi connectivity index (χ0n) is 12.3. The molecule has 3 heteroatoms. The first kappa shape index (κ1) is 14.6. The van der Waals surface area contributed by atoms with Gasteiger partial charge in [0.2, 0.25) is 0 Å². The van der Waals surface area contributed by atoms with Crippen LogP contribution >= 0.6 is 0 Å². The first-order valence-electron chi connectivity index (χ1n) is 6.84. The van der Waals surface area contributed by atoms with Crippen LogP contribution in [0.2, 0.25) is 0 Å². The minimum atomic E-state index is 0.366. The molecule has 1 unspecified atom stereocenters. The van der Waals surface area contributed by atoms with Gasteiger partial charge in [0, 0.05) is 12.6 Å². The fraction of sp³-hybridized carbons (Fsp3) is 0.294. The third-order valence-electron chi connectivity index (χ3n) is 3.26. The second-order valence-electron chi connectivity index (χ2n) is 5.02. The van der Waals surface area contributed by atoms with Gasteiger partial charge in [-0.3, -0.25) is 0 Å². The molecule has 0 saturated heterocycles. The van der Waals surface area contributed by atoms with Crippen molar-refractivity contribution >= 4 is 0 Å². The molecule has 0 saturated carbocycles. The molecule has 0 aromatic heterocycles. The number of nitrogens with zero attached hydrogens (tertiary/aromatic N) is 1. The number of rotatable bonds is 6. The predicted octanol–water partition coefficient (Wildman–Crippen LogP) is 3.30. The lowest BCUT2D eigenvalue weighted by Crippen LogP contribution is -2.29. The van der Waals surface area contributed by atoms with E-state index in [1.807, 2.05) is 49.5 Å². The van der Waals surface area contributed by atoms with Crippen LogP contribution in [0, 0.1) is 0 Å². The Balaban J connectivity index is 2.09. The third-order valence-corrected chi connectivity index (χ3v) is 3.26. The lowest BCUT2D eigenvalue weighted by Gasteiger charge is -2.24. The van der Waals surface area contributed by atoms with Crippen molar-refractivity contribution in [3.63, 3.8) is 0 Å². The molecule has 2 rings (SSSR count). The summed E-state index contributed by atoms with van der Waals surface area (Å²) >= 11 is 0. The fourth-order valence-corrected chi connectivity index (χ4v) is 2.17. The fourth-order valence-electron chi connectivity index (χ4n) is 2.17. The highest BCUT2D eigenvalue weighted by atomic mass is 16.5. The lowest BCUT2D eigenvalue weighted by atomic mass is 10.1. The highest BCUT2D eigenvalue weighted by Crippen LogP contribution is 2.24. The lowest BCUT2D eigenvalue weighted by molar-refractivity contribution is 0.293. The Bertz CT molecular complexity index is 508. The summed E-state index contributed by atoms with van der Waals surface area (Å²) in [5, 5.41) is 3.23. The molecular weight excluding hydrogens is 248 g/mol. The van der Waals surface area contributed by atoms with E-state index in [1.54, 1.807) is 0 Å². The Kier molecular flexibility index (Phi) is 5.16. The van der Waals surface area contributed by atoms with E-state index in [-0.39, 0.29) is 0 Å². The van der Waals surface area contributed by atoms with E-state index in [2.05, 4.69) is 36.4 Å². The van der Waals surface area contributed by atoms with E-state index in [0.29, 0.717) is 6.04 Å². The molecule has 0 heterocycles. The average Bonchev–Trinajstić information content (AvgIpc) is 2.47. The van der Waals surface area contributed by atoms with Crippen LogP contribution in [0.1, 0.15) is 11.6 Å². The molecule has 1 atom stereocenters. The summed E-state index contributed by atoms with van der Waals surface area (Å²) in [5.41, 5.74) is 1.28. The van der Waals surface area contributed by atoms with Gasteiger partial charge in [0.05, 0.1) is 0 Å². The van der Waals surface area contributed by atoms with Crippen molar-refractivity contribution < 1.29 is 4.74 Å². The molecule has 1 N–H and O–H groups in total. The highest BCUT2D eigenvalue weighted by Gasteiger charge is 2.12. The second-order valence-corrected chi connectivity index (χ2v) is 5.02. The smallest absolute Gasteiger partial charge is 0.127 e. The van der Waals surface area contributed by atoms with Gasteiger partial charge in [0.15, 0.2) is 0 Å². The van der Waals surface area contributed by atoms with Crippen molar-refractivity contribution in [1.82, 2.24) is 10.2 Å². The van der Waals surface area contributed by atoms with Gasteiger partial charge in [-0.2, -0.15) is 0 Å². The number of nitrogens with one attached hydrogen (secondary N) is 1. The van der Waals surface area contributed by atoms with Gasteiger partial charge < -0.3 is 15.0 Å². The van der Waals surface area contributed by atoms with Crippen molar-refractivity contribution in [1.29, 1.82) is 0 Å². The SMILES string of the molecule is CNCC(c1ccc(Oc2ccccc2)cc1)N(C)C. The van der Waals surface area contributed by atoms with E-state index in [4.69, 9.17) is 4.74 Å². The molecule has 0 spiro atoms. The number of hydrogen-bond acceptors (Lipinski definition) is 3. The molecule has 106 valence electrons. The number of likely N-dealkylation sites (N-methyl/N-ethyl adjacent to an activating group) is 2. The molecular formula is C17H22N2O. The quantitative estimate of drug-likeness (QED) is 0.871. The zero-order valence-corrected chi connectivity index (χ0v) is 12.3. The van der Waals surface area contributed by atoms with Gasteiger partial charge in [-0.1, -0.05) is 30.3 Å². The maximum Gasteiger partial charge on any atom is 0.127 e. The average molecular weight is 270 g/mol. The van der Waals surface area contributed by atoms with E-state index < -0.39 is 0 Å². The summed E-state index contributed by atoms with van der Waals surface area (Å²) < 4.78 is 5.80. The van der Waals surface area contributed by atoms with E-state index in [9.17, 15) is 0 Å². The maximum atomic E-state index is 5.80. The molecule has 0 fully saturated rings. The minimum absolute atomic E-state index is 0.366. The summed E-state index contributed by atoms with van der Waals surface area (Å²) in [4.78, 5) is 2.21. The second kappa shape index (κ2) is 7.08. The number of para-hydroxylation sites is 1. The monoisotopic (exact) mass is 270 g/mol. The van der Waals surface area contributed by atoms with Crippen molar-refractivity contribution in [2.75, 3.05) is 27.7 Å². The molecule has 20 heavy (non-hydrogen) atoms. The Morgan fingerprint density at radius 3 is 2.10 bits per heavy atom. The first-order chi connectivity index (χ1) is 9.70. The van der Waals surface area contributed by atoms with Gasteiger partial charge in [0.25, 0.3) is 0 Å². The number of ether oxygens (including phenoxy) is 1. The molecule has 0 aliphatic carbocycles. The summed E-state index contributed by atoms with van der Waals surface area (Å²) in [6.07, 6.45) is 0. The molecule has 3 nitrogen and oxygen atoms in total. The molecule has 0 amide bonds. The summed E-state index contributed by atoms with van der Waals surface area (Å²) in [6, 6.07) is 18.5. The van der Waals surface area contributed by atoms with Crippen LogP contribution in [0.25, 0.3) is 0 Å². The molecule has 0 aliphatic rings. The maximum absolute atomic E-state index is 5.80. The summed E-state index contributed by atoms with van der Waals surface area (Å²) in [6.45, 7) is 0.923. The Hall–Kier alpha value is -1.84. The molecule has 0 radical (unpaired) electrons. The van der Waals surface area contributed by atoms with Gasteiger partial charge >= 0.3 is 0 Å². The van der Waals surface area contributed by atoms with Crippen molar-refractivity contribution in [2.24, 2.45) is 0 Å². The van der Waals surface area contributed by atoms with E-state index in [1.165, 1.54) is 5.56 Å². The predicted molar refractivity (Wildman–Crippen MR) is 83.3 cm³/mol. The highest BCUT2D eigenvalue weighted by molar-refractivity contribution is 5.34. The van der Waals surface area contributed by atoms with E-state index >= 15 is 0 Å². The first-order valence-corrected chi connectivity index (χ1v) is 6.84. The van der Waals surface area contributed by atoms with Crippen LogP contribution in [0.4, 0.5) is 0 Å². The van der Waals surface area contributed by atoms with Gasteiger partial charge in [-0.05, 0) is 51.0 Å². The standard InChI is InChI=1S/C17H22N2O/c1-18-13-17(19(2)3)14-9-11-16(12-10-14)20-15-7-5-4-6-8-15/h4-12,17-18H,13H2,1-3H3. The Labute approximate surface area is 121 Å². The summed E-state index contributed by atoms with van der Waals surface area (Å²) in [5.74, 6) is 1.72. The summed E-state index contributed by atoms with van der Waals surface area (Å²) in [7, 11) is 6.16. The number of hydrogen-bond donors (Lipinski definition) is 1. The van der Waals surface area contributed by atoms with Crippen molar-refractivity contribution in [3.8, 4) is 11.5 Å². The van der Waals surface area contributed by atoms with Crippen LogP contribution < -0.4 is 10.1 Å². The third kappa shape index (κ3) is 3.83. The van der Waals surface area contributed by atoms with Crippen LogP contribution in [-0.4, -0.2) is 32.6 Å². The van der Waals surface area contributed by atoms with Crippen LogP contribution in [0.5, 0.6) is 11.5 Å². The number of benzene rings is 2. The van der Waals surface area contributed by atoms with Crippen LogP contribution in [0.3, 0.4) is 0 Å². The molecule has 0 bridgehead atoms. The normalized spacial score (nSPS) is 12.4. The minimum Gasteiger partial charge on any atom is -0.457 e. The van der Waals surface area contributed by atoms with Crippen molar-refractivity contribution in [2.45, 2.75) is 6.04 Å².